The monoisotopic (exact) mass is 292 g/mol. The minimum absolute atomic E-state index is 0.201. The molecule has 0 aliphatic carbocycles. The standard InChI is InChI=1S/C15H12N6O/c16-15-18-12-7-9(10-3-5-17-8-10)1-2-11(12)14(20-15)19-13-4-6-22-21-13/h1-7H,8H2,(H3,16,18,19,20,21). The van der Waals surface area contributed by atoms with Crippen LogP contribution in [0, 0.1) is 0 Å². The predicted octanol–water partition coefficient (Wildman–Crippen LogP) is 2.41. The molecule has 1 aliphatic heterocycles. The Balaban J connectivity index is 1.80. The maximum absolute atomic E-state index is 5.81. The van der Waals surface area contributed by atoms with Gasteiger partial charge < -0.3 is 15.6 Å². The van der Waals surface area contributed by atoms with Crippen molar-refractivity contribution in [3.05, 3.63) is 42.2 Å². The minimum atomic E-state index is 0.201. The highest BCUT2D eigenvalue weighted by Crippen LogP contribution is 2.27. The second-order valence-electron chi connectivity index (χ2n) is 4.85. The maximum atomic E-state index is 5.81. The molecule has 3 N–H and O–H groups in total. The number of aliphatic imine (C=N–C) groups is 1. The van der Waals surface area contributed by atoms with Gasteiger partial charge in [-0.05, 0) is 29.3 Å². The second kappa shape index (κ2) is 4.96. The summed E-state index contributed by atoms with van der Waals surface area (Å²) in [6.45, 7) is 0.691. The normalized spacial score (nSPS) is 13.5. The van der Waals surface area contributed by atoms with Crippen molar-refractivity contribution in [3.63, 3.8) is 0 Å². The van der Waals surface area contributed by atoms with Gasteiger partial charge in [0.1, 0.15) is 12.1 Å². The molecular weight excluding hydrogens is 280 g/mol. The van der Waals surface area contributed by atoms with E-state index in [2.05, 4.69) is 25.4 Å². The SMILES string of the molecule is Nc1nc(Nc2ccon2)c2ccc(C3=CC=NC3)cc2n1. The van der Waals surface area contributed by atoms with Crippen LogP contribution in [0.4, 0.5) is 17.6 Å². The molecule has 2 aromatic heterocycles. The van der Waals surface area contributed by atoms with E-state index in [9.17, 15) is 0 Å². The lowest BCUT2D eigenvalue weighted by Gasteiger charge is -2.09. The maximum Gasteiger partial charge on any atom is 0.222 e. The zero-order valence-electron chi connectivity index (χ0n) is 11.5. The number of nitrogen functional groups attached to an aromatic ring is 1. The lowest BCUT2D eigenvalue weighted by Crippen LogP contribution is -2.02. The van der Waals surface area contributed by atoms with Crippen LogP contribution in [0.25, 0.3) is 16.5 Å². The molecule has 4 rings (SSSR count). The number of nitrogens with two attached hydrogens (primary N) is 1. The molecule has 0 fully saturated rings. The Bertz CT molecular complexity index is 898. The number of hydrogen-bond acceptors (Lipinski definition) is 7. The van der Waals surface area contributed by atoms with E-state index in [4.69, 9.17) is 10.3 Å². The van der Waals surface area contributed by atoms with Gasteiger partial charge in [0.2, 0.25) is 5.95 Å². The Morgan fingerprint density at radius 3 is 2.91 bits per heavy atom. The number of benzene rings is 1. The molecule has 0 saturated carbocycles. The van der Waals surface area contributed by atoms with Crippen LogP contribution in [0.5, 0.6) is 0 Å². The molecule has 0 saturated heterocycles. The van der Waals surface area contributed by atoms with E-state index in [-0.39, 0.29) is 5.95 Å². The fourth-order valence-corrected chi connectivity index (χ4v) is 2.37. The minimum Gasteiger partial charge on any atom is -0.368 e. The molecule has 7 heteroatoms. The zero-order valence-corrected chi connectivity index (χ0v) is 11.5. The van der Waals surface area contributed by atoms with E-state index in [0.717, 1.165) is 22.0 Å². The van der Waals surface area contributed by atoms with Crippen molar-refractivity contribution in [1.29, 1.82) is 0 Å². The van der Waals surface area contributed by atoms with Crippen LogP contribution in [0.2, 0.25) is 0 Å². The third kappa shape index (κ3) is 2.18. The molecule has 0 spiro atoms. The lowest BCUT2D eigenvalue weighted by molar-refractivity contribution is 0.423. The van der Waals surface area contributed by atoms with Crippen LogP contribution < -0.4 is 11.1 Å². The van der Waals surface area contributed by atoms with E-state index in [1.54, 1.807) is 6.07 Å². The van der Waals surface area contributed by atoms with Crippen LogP contribution in [-0.4, -0.2) is 27.9 Å². The van der Waals surface area contributed by atoms with Crippen LogP contribution in [-0.2, 0) is 0 Å². The number of allylic oxidation sites excluding steroid dienone is 1. The van der Waals surface area contributed by atoms with Crippen molar-refractivity contribution in [2.75, 3.05) is 17.6 Å². The van der Waals surface area contributed by atoms with Crippen LogP contribution in [0.15, 0.2) is 46.1 Å². The highest BCUT2D eigenvalue weighted by Gasteiger charge is 2.11. The average Bonchev–Trinajstić information content (AvgIpc) is 3.20. The van der Waals surface area contributed by atoms with E-state index >= 15 is 0 Å². The Kier molecular flexibility index (Phi) is 2.82. The van der Waals surface area contributed by atoms with Gasteiger partial charge in [-0.3, -0.25) is 4.99 Å². The quantitative estimate of drug-likeness (QED) is 0.768. The fourth-order valence-electron chi connectivity index (χ4n) is 2.37. The first-order chi connectivity index (χ1) is 10.8. The second-order valence-corrected chi connectivity index (χ2v) is 4.85. The predicted molar refractivity (Wildman–Crippen MR) is 85.1 cm³/mol. The summed E-state index contributed by atoms with van der Waals surface area (Å²) in [6, 6.07) is 7.68. The molecule has 0 bridgehead atoms. The van der Waals surface area contributed by atoms with Gasteiger partial charge in [-0.2, -0.15) is 4.98 Å². The summed E-state index contributed by atoms with van der Waals surface area (Å²) in [5.41, 5.74) is 8.82. The van der Waals surface area contributed by atoms with Gasteiger partial charge in [0.05, 0.1) is 12.1 Å². The Morgan fingerprint density at radius 1 is 1.18 bits per heavy atom. The molecule has 108 valence electrons. The van der Waals surface area contributed by atoms with Crippen LogP contribution >= 0.6 is 0 Å². The Labute approximate surface area is 125 Å². The van der Waals surface area contributed by atoms with E-state index in [1.807, 2.05) is 30.5 Å². The number of anilines is 3. The summed E-state index contributed by atoms with van der Waals surface area (Å²) in [4.78, 5) is 12.8. The van der Waals surface area contributed by atoms with Crippen molar-refractivity contribution in [2.24, 2.45) is 4.99 Å². The van der Waals surface area contributed by atoms with Crippen molar-refractivity contribution < 1.29 is 4.52 Å². The third-order valence-corrected chi connectivity index (χ3v) is 3.41. The molecule has 3 heterocycles. The van der Waals surface area contributed by atoms with E-state index < -0.39 is 0 Å². The Morgan fingerprint density at radius 2 is 2.14 bits per heavy atom. The number of rotatable bonds is 3. The molecule has 0 radical (unpaired) electrons. The number of nitrogens with one attached hydrogen (secondary N) is 1. The molecule has 22 heavy (non-hydrogen) atoms. The summed E-state index contributed by atoms with van der Waals surface area (Å²) in [5, 5.41) is 7.76. The molecule has 0 unspecified atom stereocenters. The van der Waals surface area contributed by atoms with Crippen LogP contribution in [0.3, 0.4) is 0 Å². The van der Waals surface area contributed by atoms with Gasteiger partial charge in [0.15, 0.2) is 5.82 Å². The van der Waals surface area contributed by atoms with Crippen molar-refractivity contribution in [2.45, 2.75) is 0 Å². The van der Waals surface area contributed by atoms with Crippen molar-refractivity contribution in [1.82, 2.24) is 15.1 Å². The first kappa shape index (κ1) is 12.5. The van der Waals surface area contributed by atoms with Gasteiger partial charge in [-0.1, -0.05) is 11.2 Å². The number of aromatic nitrogens is 3. The molecule has 0 amide bonds. The molecule has 3 aromatic rings. The molecule has 1 aromatic carbocycles. The lowest BCUT2D eigenvalue weighted by atomic mass is 10.0. The molecular formula is C15H12N6O. The van der Waals surface area contributed by atoms with Gasteiger partial charge in [-0.25, -0.2) is 4.98 Å². The molecule has 7 nitrogen and oxygen atoms in total. The highest BCUT2D eigenvalue weighted by atomic mass is 16.5. The van der Waals surface area contributed by atoms with Crippen molar-refractivity contribution in [3.8, 4) is 0 Å². The summed E-state index contributed by atoms with van der Waals surface area (Å²) in [7, 11) is 0. The van der Waals surface area contributed by atoms with Crippen molar-refractivity contribution >= 4 is 40.3 Å². The Hall–Kier alpha value is -3.22. The number of hydrogen-bond donors (Lipinski definition) is 2. The van der Waals surface area contributed by atoms with E-state index in [0.29, 0.717) is 18.2 Å². The van der Waals surface area contributed by atoms with Crippen LogP contribution in [0.1, 0.15) is 5.56 Å². The average molecular weight is 292 g/mol. The fraction of sp³-hybridized carbons (Fsp3) is 0.0667. The number of nitrogens with zero attached hydrogens (tertiary/aromatic N) is 4. The largest absolute Gasteiger partial charge is 0.368 e. The first-order valence-electron chi connectivity index (χ1n) is 6.74. The molecule has 1 aliphatic rings. The smallest absolute Gasteiger partial charge is 0.222 e. The van der Waals surface area contributed by atoms with Gasteiger partial charge in [-0.15, -0.1) is 0 Å². The van der Waals surface area contributed by atoms with Gasteiger partial charge in [0.25, 0.3) is 0 Å². The topological polar surface area (TPSA) is 102 Å². The van der Waals surface area contributed by atoms with Gasteiger partial charge >= 0.3 is 0 Å². The van der Waals surface area contributed by atoms with E-state index in [1.165, 1.54) is 6.26 Å². The summed E-state index contributed by atoms with van der Waals surface area (Å²) >= 11 is 0. The zero-order chi connectivity index (χ0) is 14.9. The summed E-state index contributed by atoms with van der Waals surface area (Å²) in [6.07, 6.45) is 5.30. The summed E-state index contributed by atoms with van der Waals surface area (Å²) < 4.78 is 4.81. The first-order valence-corrected chi connectivity index (χ1v) is 6.74. The van der Waals surface area contributed by atoms with Gasteiger partial charge in [0, 0.05) is 17.7 Å². The summed E-state index contributed by atoms with van der Waals surface area (Å²) in [5.74, 6) is 1.36. The number of fused-ring (bicyclic) bond motifs is 1. The molecule has 0 atom stereocenters. The highest BCUT2D eigenvalue weighted by molar-refractivity contribution is 5.96. The third-order valence-electron chi connectivity index (χ3n) is 3.41.